The van der Waals surface area contributed by atoms with Crippen molar-refractivity contribution >= 4 is 10.8 Å². The van der Waals surface area contributed by atoms with Gasteiger partial charge in [-0.1, -0.05) is 44.2 Å². The van der Waals surface area contributed by atoms with E-state index in [0.717, 1.165) is 5.56 Å². The third-order valence-electron chi connectivity index (χ3n) is 2.31. The number of aliphatic hydroxyl groups is 1. The Hall–Kier alpha value is -0.710. The van der Waals surface area contributed by atoms with E-state index < -0.39 is 16.9 Å². The molecule has 0 aromatic heterocycles. The number of hydrogen-bond donors (Lipinski definition) is 2. The van der Waals surface area contributed by atoms with Gasteiger partial charge in [0.15, 0.2) is 0 Å². The molecule has 3 nitrogen and oxygen atoms in total. The molecular formula is C13H21NO2S. The van der Waals surface area contributed by atoms with Crippen LogP contribution in [0.5, 0.6) is 0 Å². The average molecular weight is 255 g/mol. The Morgan fingerprint density at radius 1 is 1.29 bits per heavy atom. The van der Waals surface area contributed by atoms with Crippen molar-refractivity contribution in [2.24, 2.45) is 0 Å². The first kappa shape index (κ1) is 14.4. The van der Waals surface area contributed by atoms with Gasteiger partial charge >= 0.3 is 0 Å². The summed E-state index contributed by atoms with van der Waals surface area (Å²) in [5, 5.41) is 12.8. The summed E-state index contributed by atoms with van der Waals surface area (Å²) in [5.74, 6) is 0.841. The molecule has 0 heterocycles. The highest BCUT2D eigenvalue weighted by atomic mass is 32.2. The standard InChI is InChI=1S/C13H21NO2S/c1-11(2)14-8-13(15)10-17(16)9-12-6-4-3-5-7-12/h3-7,11,13-15H,8-10H2,1-2H3/t13-,17-/m1/s1. The molecule has 2 N–H and O–H groups in total. The monoisotopic (exact) mass is 255 g/mol. The second-order valence-corrected chi connectivity index (χ2v) is 5.95. The summed E-state index contributed by atoms with van der Waals surface area (Å²) in [6, 6.07) is 10.1. The van der Waals surface area contributed by atoms with Crippen LogP contribution in [0.4, 0.5) is 0 Å². The van der Waals surface area contributed by atoms with Gasteiger partial charge in [0.05, 0.1) is 11.9 Å². The van der Waals surface area contributed by atoms with Gasteiger partial charge in [0, 0.05) is 29.1 Å². The molecule has 0 spiro atoms. The van der Waals surface area contributed by atoms with E-state index >= 15 is 0 Å². The summed E-state index contributed by atoms with van der Waals surface area (Å²) in [6.07, 6.45) is -0.540. The summed E-state index contributed by atoms with van der Waals surface area (Å²) in [5.41, 5.74) is 1.05. The maximum atomic E-state index is 11.8. The van der Waals surface area contributed by atoms with Crippen LogP contribution in [0, 0.1) is 0 Å². The van der Waals surface area contributed by atoms with Crippen molar-refractivity contribution in [3.8, 4) is 0 Å². The topological polar surface area (TPSA) is 49.3 Å². The third kappa shape index (κ3) is 6.56. The molecule has 0 aliphatic rings. The first-order valence-electron chi connectivity index (χ1n) is 5.88. The van der Waals surface area contributed by atoms with Gasteiger partial charge in [0.25, 0.3) is 0 Å². The van der Waals surface area contributed by atoms with Crippen molar-refractivity contribution in [1.29, 1.82) is 0 Å². The van der Waals surface area contributed by atoms with Crippen LogP contribution < -0.4 is 5.32 Å². The van der Waals surface area contributed by atoms with Gasteiger partial charge in [-0.3, -0.25) is 4.21 Å². The van der Waals surface area contributed by atoms with Crippen molar-refractivity contribution in [3.63, 3.8) is 0 Å². The van der Waals surface area contributed by atoms with Crippen LogP contribution in [0.25, 0.3) is 0 Å². The molecule has 17 heavy (non-hydrogen) atoms. The van der Waals surface area contributed by atoms with Crippen molar-refractivity contribution in [2.45, 2.75) is 31.7 Å². The van der Waals surface area contributed by atoms with Gasteiger partial charge in [-0.2, -0.15) is 0 Å². The van der Waals surface area contributed by atoms with Crippen LogP contribution in [-0.2, 0) is 16.6 Å². The minimum absolute atomic E-state index is 0.328. The first-order valence-corrected chi connectivity index (χ1v) is 7.37. The predicted molar refractivity (Wildman–Crippen MR) is 72.3 cm³/mol. The molecule has 0 bridgehead atoms. The van der Waals surface area contributed by atoms with E-state index in [1.165, 1.54) is 0 Å². The quantitative estimate of drug-likeness (QED) is 0.772. The number of benzene rings is 1. The van der Waals surface area contributed by atoms with Crippen molar-refractivity contribution in [2.75, 3.05) is 12.3 Å². The summed E-state index contributed by atoms with van der Waals surface area (Å²) in [7, 11) is -1.01. The van der Waals surface area contributed by atoms with Crippen molar-refractivity contribution in [3.05, 3.63) is 35.9 Å². The summed E-state index contributed by atoms with van der Waals surface area (Å²) < 4.78 is 11.8. The lowest BCUT2D eigenvalue weighted by Gasteiger charge is -2.13. The molecule has 96 valence electrons. The fraction of sp³-hybridized carbons (Fsp3) is 0.538. The van der Waals surface area contributed by atoms with Crippen LogP contribution in [0.3, 0.4) is 0 Å². The largest absolute Gasteiger partial charge is 0.391 e. The lowest BCUT2D eigenvalue weighted by atomic mass is 10.2. The first-order chi connectivity index (χ1) is 8.08. The number of rotatable bonds is 7. The van der Waals surface area contributed by atoms with Crippen molar-refractivity contribution < 1.29 is 9.32 Å². The predicted octanol–water partition coefficient (Wildman–Crippen LogP) is 1.29. The van der Waals surface area contributed by atoms with Gasteiger partial charge < -0.3 is 10.4 Å². The van der Waals surface area contributed by atoms with E-state index in [9.17, 15) is 9.32 Å². The molecule has 0 radical (unpaired) electrons. The van der Waals surface area contributed by atoms with Gasteiger partial charge in [0.2, 0.25) is 0 Å². The SMILES string of the molecule is CC(C)NC[C@@H](O)C[S@](=O)Cc1ccccc1. The van der Waals surface area contributed by atoms with Crippen LogP contribution in [-0.4, -0.2) is 33.8 Å². The molecule has 4 heteroatoms. The fourth-order valence-electron chi connectivity index (χ4n) is 1.46. The highest BCUT2D eigenvalue weighted by Crippen LogP contribution is 2.03. The van der Waals surface area contributed by atoms with Gasteiger partial charge in [-0.15, -0.1) is 0 Å². The Morgan fingerprint density at radius 3 is 2.53 bits per heavy atom. The zero-order valence-corrected chi connectivity index (χ0v) is 11.2. The molecule has 1 rings (SSSR count). The minimum atomic E-state index is -1.01. The molecule has 0 fully saturated rings. The van der Waals surface area contributed by atoms with Crippen LogP contribution >= 0.6 is 0 Å². The van der Waals surface area contributed by atoms with E-state index in [1.54, 1.807) is 0 Å². The lowest BCUT2D eigenvalue weighted by molar-refractivity contribution is 0.191. The smallest absolute Gasteiger partial charge is 0.0779 e. The van der Waals surface area contributed by atoms with Crippen LogP contribution in [0.1, 0.15) is 19.4 Å². The Bertz CT molecular complexity index is 341. The number of aliphatic hydroxyl groups excluding tert-OH is 1. The number of nitrogens with one attached hydrogen (secondary N) is 1. The van der Waals surface area contributed by atoms with E-state index in [2.05, 4.69) is 5.32 Å². The maximum Gasteiger partial charge on any atom is 0.0779 e. The Kier molecular flexibility index (Phi) is 6.40. The lowest BCUT2D eigenvalue weighted by Crippen LogP contribution is -2.35. The van der Waals surface area contributed by atoms with E-state index in [4.69, 9.17) is 0 Å². The molecule has 0 amide bonds. The second kappa shape index (κ2) is 7.58. The van der Waals surface area contributed by atoms with E-state index in [-0.39, 0.29) is 0 Å². The van der Waals surface area contributed by atoms with Crippen molar-refractivity contribution in [1.82, 2.24) is 5.32 Å². The molecule has 1 aromatic carbocycles. The van der Waals surface area contributed by atoms with Gasteiger partial charge in [0.1, 0.15) is 0 Å². The van der Waals surface area contributed by atoms with Gasteiger partial charge in [-0.25, -0.2) is 0 Å². The van der Waals surface area contributed by atoms with E-state index in [1.807, 2.05) is 44.2 Å². The maximum absolute atomic E-state index is 11.8. The Morgan fingerprint density at radius 2 is 1.94 bits per heavy atom. The second-order valence-electron chi connectivity index (χ2n) is 4.45. The molecule has 0 saturated carbocycles. The fourth-order valence-corrected chi connectivity index (χ4v) is 2.69. The zero-order valence-electron chi connectivity index (χ0n) is 10.4. The zero-order chi connectivity index (χ0) is 12.7. The number of hydrogen-bond acceptors (Lipinski definition) is 3. The Balaban J connectivity index is 2.29. The van der Waals surface area contributed by atoms with Crippen LogP contribution in [0.15, 0.2) is 30.3 Å². The summed E-state index contributed by atoms with van der Waals surface area (Å²) in [6.45, 7) is 4.54. The average Bonchev–Trinajstić information content (AvgIpc) is 2.27. The molecule has 0 saturated heterocycles. The minimum Gasteiger partial charge on any atom is -0.391 e. The molecule has 0 unspecified atom stereocenters. The highest BCUT2D eigenvalue weighted by Gasteiger charge is 2.10. The summed E-state index contributed by atoms with van der Waals surface area (Å²) >= 11 is 0. The van der Waals surface area contributed by atoms with E-state index in [0.29, 0.717) is 24.1 Å². The van der Waals surface area contributed by atoms with Crippen LogP contribution in [0.2, 0.25) is 0 Å². The molecule has 0 aliphatic heterocycles. The van der Waals surface area contributed by atoms with Gasteiger partial charge in [-0.05, 0) is 5.56 Å². The Labute approximate surface area is 106 Å². The normalized spacial score (nSPS) is 14.8. The highest BCUT2D eigenvalue weighted by molar-refractivity contribution is 7.84. The molecule has 1 aromatic rings. The molecule has 2 atom stereocenters. The molecular weight excluding hydrogens is 234 g/mol. The molecule has 0 aliphatic carbocycles. The third-order valence-corrected chi connectivity index (χ3v) is 3.72. The summed E-state index contributed by atoms with van der Waals surface area (Å²) in [4.78, 5) is 0.